The van der Waals surface area contributed by atoms with E-state index in [4.69, 9.17) is 9.47 Å². The Labute approximate surface area is 130 Å². The summed E-state index contributed by atoms with van der Waals surface area (Å²) in [6.45, 7) is 7.02. The Hall–Kier alpha value is -1.59. The third-order valence-electron chi connectivity index (χ3n) is 3.44. The fourth-order valence-corrected chi connectivity index (χ4v) is 3.22. The van der Waals surface area contributed by atoms with Gasteiger partial charge in [0.2, 0.25) is 0 Å². The van der Waals surface area contributed by atoms with Gasteiger partial charge in [-0.2, -0.15) is 0 Å². The molecule has 1 unspecified atom stereocenters. The zero-order chi connectivity index (χ0) is 15.4. The number of nitrogens with one attached hydrogen (secondary N) is 1. The van der Waals surface area contributed by atoms with Gasteiger partial charge in [-0.1, -0.05) is 6.07 Å². The van der Waals surface area contributed by atoms with Crippen LogP contribution < -0.4 is 14.8 Å². The van der Waals surface area contributed by atoms with Crippen LogP contribution in [0.15, 0.2) is 18.2 Å². The van der Waals surface area contributed by atoms with Gasteiger partial charge in [-0.3, -0.25) is 0 Å². The molecule has 4 nitrogen and oxygen atoms in total. The molecule has 0 aliphatic carbocycles. The molecule has 0 aliphatic heterocycles. The van der Waals surface area contributed by atoms with E-state index in [1.165, 1.54) is 4.88 Å². The van der Waals surface area contributed by atoms with Crippen molar-refractivity contribution in [2.24, 2.45) is 0 Å². The van der Waals surface area contributed by atoms with Gasteiger partial charge in [-0.25, -0.2) is 4.98 Å². The number of hydrogen-bond acceptors (Lipinski definition) is 5. The van der Waals surface area contributed by atoms with Gasteiger partial charge in [0.1, 0.15) is 11.5 Å². The second-order valence-corrected chi connectivity index (χ2v) is 6.36. The largest absolute Gasteiger partial charge is 0.497 e. The molecule has 2 rings (SSSR count). The highest BCUT2D eigenvalue weighted by Crippen LogP contribution is 2.26. The van der Waals surface area contributed by atoms with Crippen molar-refractivity contribution < 1.29 is 9.47 Å². The van der Waals surface area contributed by atoms with E-state index in [9.17, 15) is 0 Å². The van der Waals surface area contributed by atoms with E-state index >= 15 is 0 Å². The van der Waals surface area contributed by atoms with Crippen LogP contribution in [-0.2, 0) is 6.54 Å². The van der Waals surface area contributed by atoms with Crippen molar-refractivity contribution in [3.05, 3.63) is 39.3 Å². The molecular formula is C16H22N2O2S. The molecule has 2 aromatic rings. The predicted molar refractivity (Wildman–Crippen MR) is 86.4 cm³/mol. The molecule has 0 saturated carbocycles. The molecule has 0 saturated heterocycles. The Kier molecular flexibility index (Phi) is 5.20. The maximum atomic E-state index is 5.42. The topological polar surface area (TPSA) is 43.4 Å². The first-order valence-electron chi connectivity index (χ1n) is 6.93. The zero-order valence-corrected chi connectivity index (χ0v) is 14.0. The Morgan fingerprint density at radius 2 is 2.00 bits per heavy atom. The molecule has 0 fully saturated rings. The third-order valence-corrected chi connectivity index (χ3v) is 4.34. The molecule has 1 aromatic carbocycles. The van der Waals surface area contributed by atoms with Crippen molar-refractivity contribution in [2.45, 2.75) is 33.4 Å². The first-order valence-corrected chi connectivity index (χ1v) is 7.75. The van der Waals surface area contributed by atoms with E-state index in [0.717, 1.165) is 34.3 Å². The van der Waals surface area contributed by atoms with Crippen molar-refractivity contribution in [1.29, 1.82) is 0 Å². The summed E-state index contributed by atoms with van der Waals surface area (Å²) in [5, 5.41) is 4.61. The van der Waals surface area contributed by atoms with Crippen LogP contribution in [0.25, 0.3) is 0 Å². The maximum absolute atomic E-state index is 5.42. The highest BCUT2D eigenvalue weighted by atomic mass is 32.1. The van der Waals surface area contributed by atoms with Gasteiger partial charge in [0.05, 0.1) is 24.9 Å². The van der Waals surface area contributed by atoms with Gasteiger partial charge >= 0.3 is 0 Å². The van der Waals surface area contributed by atoms with E-state index in [-0.39, 0.29) is 6.04 Å². The number of benzene rings is 1. The molecule has 1 aromatic heterocycles. The minimum Gasteiger partial charge on any atom is -0.497 e. The second kappa shape index (κ2) is 6.91. The van der Waals surface area contributed by atoms with Crippen molar-refractivity contribution in [3.8, 4) is 11.5 Å². The molecule has 0 spiro atoms. The van der Waals surface area contributed by atoms with Crippen LogP contribution in [0.1, 0.15) is 34.1 Å². The average Bonchev–Trinajstić information content (AvgIpc) is 2.83. The molecule has 1 N–H and O–H groups in total. The lowest BCUT2D eigenvalue weighted by molar-refractivity contribution is 0.388. The third kappa shape index (κ3) is 3.74. The van der Waals surface area contributed by atoms with Crippen LogP contribution in [-0.4, -0.2) is 19.2 Å². The van der Waals surface area contributed by atoms with E-state index in [1.807, 2.05) is 25.1 Å². The molecule has 0 amide bonds. The zero-order valence-electron chi connectivity index (χ0n) is 13.2. The van der Waals surface area contributed by atoms with Crippen LogP contribution in [0.5, 0.6) is 11.5 Å². The molecule has 1 heterocycles. The maximum Gasteiger partial charge on any atom is 0.127 e. The van der Waals surface area contributed by atoms with Gasteiger partial charge in [0.25, 0.3) is 0 Å². The number of rotatable bonds is 6. The van der Waals surface area contributed by atoms with Gasteiger partial charge in [0.15, 0.2) is 0 Å². The summed E-state index contributed by atoms with van der Waals surface area (Å²) in [5.74, 6) is 1.63. The average molecular weight is 306 g/mol. The van der Waals surface area contributed by atoms with Crippen molar-refractivity contribution in [3.63, 3.8) is 0 Å². The normalized spacial score (nSPS) is 12.2. The number of ether oxygens (including phenoxy) is 2. The first kappa shape index (κ1) is 15.8. The Morgan fingerprint density at radius 3 is 2.57 bits per heavy atom. The second-order valence-electron chi connectivity index (χ2n) is 4.95. The van der Waals surface area contributed by atoms with E-state index in [2.05, 4.69) is 24.1 Å². The van der Waals surface area contributed by atoms with Crippen LogP contribution in [0.2, 0.25) is 0 Å². The van der Waals surface area contributed by atoms with Gasteiger partial charge in [-0.15, -0.1) is 11.3 Å². The minimum atomic E-state index is 0.210. The number of aryl methyl sites for hydroxylation is 2. The fraction of sp³-hybridized carbons (Fsp3) is 0.438. The summed E-state index contributed by atoms with van der Waals surface area (Å²) in [6, 6.07) is 6.08. The highest BCUT2D eigenvalue weighted by Gasteiger charge is 2.13. The number of hydrogen-bond donors (Lipinski definition) is 1. The van der Waals surface area contributed by atoms with Crippen molar-refractivity contribution in [1.82, 2.24) is 10.3 Å². The van der Waals surface area contributed by atoms with Crippen LogP contribution in [0.4, 0.5) is 0 Å². The van der Waals surface area contributed by atoms with Crippen molar-refractivity contribution in [2.75, 3.05) is 14.2 Å². The summed E-state index contributed by atoms with van der Waals surface area (Å²) in [4.78, 5) is 5.87. The molecule has 0 aliphatic rings. The number of aromatic nitrogens is 1. The Morgan fingerprint density at radius 1 is 1.24 bits per heavy atom. The molecule has 0 bridgehead atoms. The quantitative estimate of drug-likeness (QED) is 0.885. The number of methoxy groups -OCH3 is 2. The molecule has 21 heavy (non-hydrogen) atoms. The summed E-state index contributed by atoms with van der Waals surface area (Å²) in [5.41, 5.74) is 2.24. The predicted octanol–water partition coefficient (Wildman–Crippen LogP) is 3.63. The van der Waals surface area contributed by atoms with E-state index < -0.39 is 0 Å². The summed E-state index contributed by atoms with van der Waals surface area (Å²) < 4.78 is 10.6. The lowest BCUT2D eigenvalue weighted by Crippen LogP contribution is -2.19. The Balaban J connectivity index is 2.07. The molecule has 0 radical (unpaired) electrons. The van der Waals surface area contributed by atoms with Gasteiger partial charge in [-0.05, 0) is 26.8 Å². The van der Waals surface area contributed by atoms with Crippen LogP contribution in [0, 0.1) is 13.8 Å². The Bertz CT molecular complexity index is 610. The molecule has 114 valence electrons. The number of nitrogens with zero attached hydrogens (tertiary/aromatic N) is 1. The van der Waals surface area contributed by atoms with Gasteiger partial charge in [0, 0.05) is 29.1 Å². The van der Waals surface area contributed by atoms with Crippen LogP contribution in [0.3, 0.4) is 0 Å². The monoisotopic (exact) mass is 306 g/mol. The van der Waals surface area contributed by atoms with Crippen LogP contribution >= 0.6 is 11.3 Å². The fourth-order valence-electron chi connectivity index (χ4n) is 2.30. The highest BCUT2D eigenvalue weighted by molar-refractivity contribution is 7.11. The molecule has 5 heteroatoms. The first-order chi connectivity index (χ1) is 10.0. The SMILES string of the molecule is COc1ccc(CNC(C)c2nc(C)sc2C)c(OC)c1. The van der Waals surface area contributed by atoms with Crippen molar-refractivity contribution >= 4 is 11.3 Å². The van der Waals surface area contributed by atoms with E-state index in [0.29, 0.717) is 0 Å². The summed E-state index contributed by atoms with van der Waals surface area (Å²) in [6.07, 6.45) is 0. The lowest BCUT2D eigenvalue weighted by atomic mass is 10.1. The van der Waals surface area contributed by atoms with E-state index in [1.54, 1.807) is 25.6 Å². The lowest BCUT2D eigenvalue weighted by Gasteiger charge is -2.15. The molecule has 1 atom stereocenters. The summed E-state index contributed by atoms with van der Waals surface area (Å²) in [7, 11) is 3.33. The van der Waals surface area contributed by atoms with Gasteiger partial charge < -0.3 is 14.8 Å². The minimum absolute atomic E-state index is 0.210. The standard InChI is InChI=1S/C16H22N2O2S/c1-10(16-11(2)21-12(3)18-16)17-9-13-6-7-14(19-4)8-15(13)20-5/h6-8,10,17H,9H2,1-5H3. The summed E-state index contributed by atoms with van der Waals surface area (Å²) >= 11 is 1.74. The number of thiazole rings is 1. The smallest absolute Gasteiger partial charge is 0.127 e. The molecular weight excluding hydrogens is 284 g/mol.